The van der Waals surface area contributed by atoms with Gasteiger partial charge in [0.1, 0.15) is 18.2 Å². The minimum absolute atomic E-state index is 0.00402. The van der Waals surface area contributed by atoms with Crippen LogP contribution in [-0.2, 0) is 26.3 Å². The van der Waals surface area contributed by atoms with Crippen LogP contribution < -0.4 is 9.64 Å². The SMILES string of the molecule is COc1ccccc1N(C(C)=O)c1nc(COC(=O)C2(c3ccc(F)cc3)CCC2)cs1. The molecule has 1 aromatic heterocycles. The highest BCUT2D eigenvalue weighted by Crippen LogP contribution is 2.45. The van der Waals surface area contributed by atoms with Crippen molar-refractivity contribution in [3.63, 3.8) is 0 Å². The molecule has 4 rings (SSSR count). The van der Waals surface area contributed by atoms with E-state index in [9.17, 15) is 14.0 Å². The van der Waals surface area contributed by atoms with Gasteiger partial charge in [-0.3, -0.25) is 14.5 Å². The van der Waals surface area contributed by atoms with Gasteiger partial charge in [-0.05, 0) is 42.7 Å². The standard InChI is InChI=1S/C24H23FN2O4S/c1-16(28)27(20-6-3-4-7-21(20)30-2)23-26-19(15-32-23)14-31-22(29)24(12-5-13-24)17-8-10-18(25)11-9-17/h3-4,6-11,15H,5,12-14H2,1-2H3. The molecule has 32 heavy (non-hydrogen) atoms. The molecule has 0 atom stereocenters. The highest BCUT2D eigenvalue weighted by molar-refractivity contribution is 7.14. The number of halogens is 1. The normalized spacial score (nSPS) is 14.3. The summed E-state index contributed by atoms with van der Waals surface area (Å²) in [5, 5.41) is 2.23. The predicted molar refractivity (Wildman–Crippen MR) is 120 cm³/mol. The van der Waals surface area contributed by atoms with Gasteiger partial charge in [0.2, 0.25) is 5.91 Å². The summed E-state index contributed by atoms with van der Waals surface area (Å²) >= 11 is 1.28. The van der Waals surface area contributed by atoms with Crippen LogP contribution >= 0.6 is 11.3 Å². The van der Waals surface area contributed by atoms with E-state index in [1.54, 1.807) is 36.8 Å². The third-order valence-electron chi connectivity index (χ3n) is 5.72. The van der Waals surface area contributed by atoms with E-state index in [2.05, 4.69) is 4.98 Å². The highest BCUT2D eigenvalue weighted by Gasteiger charge is 2.47. The first-order valence-electron chi connectivity index (χ1n) is 10.3. The molecule has 1 aliphatic rings. The van der Waals surface area contributed by atoms with Crippen LogP contribution in [0, 0.1) is 5.82 Å². The molecule has 6 nitrogen and oxygen atoms in total. The zero-order chi connectivity index (χ0) is 22.7. The molecule has 8 heteroatoms. The van der Waals surface area contributed by atoms with Crippen LogP contribution in [-0.4, -0.2) is 24.0 Å². The monoisotopic (exact) mass is 454 g/mol. The summed E-state index contributed by atoms with van der Waals surface area (Å²) in [6.07, 6.45) is 2.26. The van der Waals surface area contributed by atoms with Gasteiger partial charge in [0.05, 0.1) is 23.9 Å². The second-order valence-electron chi connectivity index (χ2n) is 7.67. The number of aromatic nitrogens is 1. The van der Waals surface area contributed by atoms with Gasteiger partial charge in [-0.15, -0.1) is 11.3 Å². The van der Waals surface area contributed by atoms with Crippen LogP contribution in [0.4, 0.5) is 15.2 Å². The summed E-state index contributed by atoms with van der Waals surface area (Å²) < 4.78 is 24.3. The Bertz CT molecular complexity index is 1130. The van der Waals surface area contributed by atoms with Crippen LogP contribution in [0.1, 0.15) is 37.4 Å². The minimum Gasteiger partial charge on any atom is -0.495 e. The first kappa shape index (κ1) is 22.0. The maximum atomic E-state index is 13.3. The zero-order valence-corrected chi connectivity index (χ0v) is 18.7. The van der Waals surface area contributed by atoms with Crippen LogP contribution in [0.2, 0.25) is 0 Å². The Morgan fingerprint density at radius 3 is 2.50 bits per heavy atom. The van der Waals surface area contributed by atoms with Gasteiger partial charge in [-0.25, -0.2) is 9.37 Å². The number of methoxy groups -OCH3 is 1. The van der Waals surface area contributed by atoms with E-state index in [1.165, 1.54) is 35.3 Å². The second kappa shape index (κ2) is 9.08. The number of para-hydroxylation sites is 2. The highest BCUT2D eigenvalue weighted by atomic mass is 32.1. The molecule has 1 fully saturated rings. The van der Waals surface area contributed by atoms with Crippen molar-refractivity contribution in [3.05, 3.63) is 71.0 Å². The Morgan fingerprint density at radius 2 is 1.88 bits per heavy atom. The minimum atomic E-state index is -0.727. The molecule has 1 aliphatic carbocycles. The molecule has 0 unspecified atom stereocenters. The smallest absolute Gasteiger partial charge is 0.316 e. The molecule has 3 aromatic rings. The topological polar surface area (TPSA) is 68.7 Å². The number of esters is 1. The third-order valence-corrected chi connectivity index (χ3v) is 6.59. The van der Waals surface area contributed by atoms with Crippen LogP contribution in [0.15, 0.2) is 53.9 Å². The lowest BCUT2D eigenvalue weighted by Gasteiger charge is -2.39. The predicted octanol–water partition coefficient (Wildman–Crippen LogP) is 5.14. The Morgan fingerprint density at radius 1 is 1.16 bits per heavy atom. The molecule has 0 radical (unpaired) electrons. The maximum absolute atomic E-state index is 13.3. The Hall–Kier alpha value is -3.26. The molecule has 2 aromatic carbocycles. The summed E-state index contributed by atoms with van der Waals surface area (Å²) in [5.41, 5.74) is 1.18. The van der Waals surface area contributed by atoms with Gasteiger partial charge < -0.3 is 9.47 Å². The van der Waals surface area contributed by atoms with E-state index in [4.69, 9.17) is 9.47 Å². The van der Waals surface area contributed by atoms with Gasteiger partial charge in [0.15, 0.2) is 5.13 Å². The second-order valence-corrected chi connectivity index (χ2v) is 8.50. The van der Waals surface area contributed by atoms with Crippen molar-refractivity contribution in [1.82, 2.24) is 4.98 Å². The number of ether oxygens (including phenoxy) is 2. The first-order chi connectivity index (χ1) is 15.4. The summed E-state index contributed by atoms with van der Waals surface area (Å²) in [6.45, 7) is 1.45. The number of benzene rings is 2. The average Bonchev–Trinajstić information content (AvgIpc) is 3.21. The number of nitrogens with zero attached hydrogens (tertiary/aromatic N) is 2. The van der Waals surface area contributed by atoms with Crippen molar-refractivity contribution in [1.29, 1.82) is 0 Å². The molecule has 0 saturated heterocycles. The first-order valence-corrected chi connectivity index (χ1v) is 11.1. The van der Waals surface area contributed by atoms with Gasteiger partial charge in [-0.1, -0.05) is 30.7 Å². The molecule has 1 heterocycles. The largest absolute Gasteiger partial charge is 0.495 e. The quantitative estimate of drug-likeness (QED) is 0.463. The van der Waals surface area contributed by atoms with Gasteiger partial charge in [-0.2, -0.15) is 0 Å². The number of carbonyl (C=O) groups excluding carboxylic acids is 2. The van der Waals surface area contributed by atoms with Crippen molar-refractivity contribution >= 4 is 34.0 Å². The zero-order valence-electron chi connectivity index (χ0n) is 17.8. The van der Waals surface area contributed by atoms with E-state index in [0.717, 1.165) is 12.0 Å². The molecule has 1 amide bonds. The van der Waals surface area contributed by atoms with Crippen molar-refractivity contribution in [3.8, 4) is 5.75 Å². The summed E-state index contributed by atoms with van der Waals surface area (Å²) in [5.74, 6) is -0.330. The molecular formula is C24H23FN2O4S. The fourth-order valence-corrected chi connectivity index (χ4v) is 4.74. The number of thiazole rings is 1. The van der Waals surface area contributed by atoms with Crippen LogP contribution in [0.25, 0.3) is 0 Å². The lowest BCUT2D eigenvalue weighted by Crippen LogP contribution is -2.43. The average molecular weight is 455 g/mol. The Balaban J connectivity index is 1.50. The molecule has 1 saturated carbocycles. The Labute approximate surface area is 189 Å². The molecule has 0 spiro atoms. The molecule has 0 N–H and O–H groups in total. The van der Waals surface area contributed by atoms with Gasteiger partial charge in [0.25, 0.3) is 0 Å². The van der Waals surface area contributed by atoms with Crippen LogP contribution in [0.3, 0.4) is 0 Å². The third kappa shape index (κ3) is 4.10. The summed E-state index contributed by atoms with van der Waals surface area (Å²) in [6, 6.07) is 13.2. The van der Waals surface area contributed by atoms with E-state index in [1.807, 2.05) is 12.1 Å². The van der Waals surface area contributed by atoms with E-state index < -0.39 is 5.41 Å². The van der Waals surface area contributed by atoms with E-state index in [0.29, 0.717) is 35.1 Å². The van der Waals surface area contributed by atoms with Crippen molar-refractivity contribution in [2.45, 2.75) is 38.2 Å². The van der Waals surface area contributed by atoms with Crippen LogP contribution in [0.5, 0.6) is 5.75 Å². The summed E-state index contributed by atoms with van der Waals surface area (Å²) in [7, 11) is 1.54. The summed E-state index contributed by atoms with van der Waals surface area (Å²) in [4.78, 5) is 31.3. The van der Waals surface area contributed by atoms with Gasteiger partial charge in [0, 0.05) is 12.3 Å². The van der Waals surface area contributed by atoms with Crippen molar-refractivity contribution < 1.29 is 23.5 Å². The number of rotatable bonds is 7. The van der Waals surface area contributed by atoms with Gasteiger partial charge >= 0.3 is 5.97 Å². The number of hydrogen-bond donors (Lipinski definition) is 0. The molecular weight excluding hydrogens is 431 g/mol. The van der Waals surface area contributed by atoms with Crippen molar-refractivity contribution in [2.75, 3.05) is 12.0 Å². The molecule has 0 bridgehead atoms. The lowest BCUT2D eigenvalue weighted by molar-refractivity contribution is -0.156. The van der Waals surface area contributed by atoms with E-state index >= 15 is 0 Å². The number of hydrogen-bond acceptors (Lipinski definition) is 6. The number of amides is 1. The number of carbonyl (C=O) groups is 2. The fraction of sp³-hybridized carbons (Fsp3) is 0.292. The number of anilines is 2. The lowest BCUT2D eigenvalue weighted by atomic mass is 9.64. The maximum Gasteiger partial charge on any atom is 0.316 e. The van der Waals surface area contributed by atoms with E-state index in [-0.39, 0.29) is 24.3 Å². The molecule has 166 valence electrons. The fourth-order valence-electron chi connectivity index (χ4n) is 3.87. The Kier molecular flexibility index (Phi) is 6.23. The van der Waals surface area contributed by atoms with Crippen molar-refractivity contribution in [2.24, 2.45) is 0 Å². The molecule has 0 aliphatic heterocycles.